The fourth-order valence-electron chi connectivity index (χ4n) is 5.34. The highest BCUT2D eigenvalue weighted by Crippen LogP contribution is 2.49. The first kappa shape index (κ1) is 25.9. The van der Waals surface area contributed by atoms with Gasteiger partial charge in [0.05, 0.1) is 18.8 Å². The summed E-state index contributed by atoms with van der Waals surface area (Å²) in [5.74, 6) is -3.15. The summed E-state index contributed by atoms with van der Waals surface area (Å²) in [6, 6.07) is 11.7. The summed E-state index contributed by atoms with van der Waals surface area (Å²) >= 11 is 1.54. The number of ether oxygens (including phenoxy) is 2. The number of hydrogen-bond acceptors (Lipinski definition) is 7. The van der Waals surface area contributed by atoms with Crippen LogP contribution >= 0.6 is 11.3 Å². The maximum absolute atomic E-state index is 14.3. The molecule has 6 nitrogen and oxygen atoms in total. The molecule has 1 aromatic heterocycles. The van der Waals surface area contributed by atoms with Crippen LogP contribution in [-0.2, 0) is 23.9 Å². The minimum absolute atomic E-state index is 0.194. The van der Waals surface area contributed by atoms with Crippen LogP contribution in [0.2, 0.25) is 0 Å². The number of benzene rings is 1. The van der Waals surface area contributed by atoms with E-state index in [0.717, 1.165) is 33.8 Å². The Morgan fingerprint density at radius 1 is 1.06 bits per heavy atom. The number of rotatable bonds is 8. The van der Waals surface area contributed by atoms with E-state index in [4.69, 9.17) is 9.47 Å². The third-order valence-electron chi connectivity index (χ3n) is 6.85. The molecule has 2 aliphatic rings. The van der Waals surface area contributed by atoms with Gasteiger partial charge in [-0.1, -0.05) is 43.7 Å². The smallest absolute Gasteiger partial charge is 0.336 e. The van der Waals surface area contributed by atoms with Gasteiger partial charge in [0.1, 0.15) is 5.92 Å². The van der Waals surface area contributed by atoms with E-state index in [1.165, 1.54) is 11.3 Å². The first-order valence-electron chi connectivity index (χ1n) is 12.6. The molecule has 1 aliphatic heterocycles. The summed E-state index contributed by atoms with van der Waals surface area (Å²) in [5, 5.41) is 5.42. The van der Waals surface area contributed by atoms with Gasteiger partial charge in [0.2, 0.25) is 0 Å². The van der Waals surface area contributed by atoms with E-state index in [2.05, 4.69) is 12.2 Å². The number of carbonyl (C=O) groups excluding carboxylic acids is 3. The molecule has 0 amide bonds. The second kappa shape index (κ2) is 11.2. The number of allylic oxidation sites excluding steroid dienone is 3. The lowest BCUT2D eigenvalue weighted by Crippen LogP contribution is -2.43. The number of hydrogen-bond donors (Lipinski definition) is 1. The Morgan fingerprint density at radius 2 is 1.81 bits per heavy atom. The average Bonchev–Trinajstić information content (AvgIpc) is 3.39. The molecule has 7 heteroatoms. The van der Waals surface area contributed by atoms with Crippen LogP contribution in [0.5, 0.6) is 0 Å². The van der Waals surface area contributed by atoms with Crippen LogP contribution < -0.4 is 5.32 Å². The molecule has 1 N–H and O–H groups in total. The zero-order chi connectivity index (χ0) is 25.8. The Balaban J connectivity index is 1.94. The lowest BCUT2D eigenvalue weighted by Gasteiger charge is -2.40. The van der Waals surface area contributed by atoms with E-state index in [1.807, 2.05) is 48.7 Å². The number of thiophene rings is 1. The van der Waals surface area contributed by atoms with Gasteiger partial charge in [0.15, 0.2) is 5.78 Å². The Bertz CT molecular complexity index is 1210. The zero-order valence-electron chi connectivity index (χ0n) is 21.3. The van der Waals surface area contributed by atoms with Crippen LogP contribution in [0.25, 0.3) is 0 Å². The van der Waals surface area contributed by atoms with Gasteiger partial charge in [-0.25, -0.2) is 4.79 Å². The molecular weight excluding hydrogens is 474 g/mol. The Hall–Kier alpha value is -3.19. The van der Waals surface area contributed by atoms with Crippen molar-refractivity contribution in [2.24, 2.45) is 5.92 Å². The van der Waals surface area contributed by atoms with Crippen molar-refractivity contribution in [3.8, 4) is 0 Å². The number of carbonyl (C=O) groups is 3. The summed E-state index contributed by atoms with van der Waals surface area (Å²) in [7, 11) is 0. The Kier molecular flexibility index (Phi) is 8.09. The molecule has 2 aromatic rings. The van der Waals surface area contributed by atoms with E-state index in [9.17, 15) is 14.4 Å². The van der Waals surface area contributed by atoms with Crippen LogP contribution in [0, 0.1) is 12.8 Å². The van der Waals surface area contributed by atoms with E-state index in [-0.39, 0.29) is 24.9 Å². The van der Waals surface area contributed by atoms with E-state index in [1.54, 1.807) is 13.8 Å². The molecular formula is C29H33NO5S. The average molecular weight is 508 g/mol. The number of Topliss-reactive ketones (excluding diaryl/α,β-unsaturated/α-hetero) is 1. The fourth-order valence-corrected chi connectivity index (χ4v) is 6.20. The van der Waals surface area contributed by atoms with E-state index >= 15 is 0 Å². The quantitative estimate of drug-likeness (QED) is 0.373. The largest absolute Gasteiger partial charge is 0.465 e. The van der Waals surface area contributed by atoms with Gasteiger partial charge in [0, 0.05) is 33.7 Å². The monoisotopic (exact) mass is 507 g/mol. The minimum Gasteiger partial charge on any atom is -0.465 e. The summed E-state index contributed by atoms with van der Waals surface area (Å²) in [6.45, 7) is 7.97. The molecule has 0 fully saturated rings. The normalized spacial score (nSPS) is 21.7. The van der Waals surface area contributed by atoms with Crippen LogP contribution in [0.1, 0.15) is 67.9 Å². The third kappa shape index (κ3) is 4.76. The van der Waals surface area contributed by atoms with Gasteiger partial charge >= 0.3 is 11.9 Å². The van der Waals surface area contributed by atoms with Gasteiger partial charge in [0.25, 0.3) is 0 Å². The molecule has 0 saturated heterocycles. The van der Waals surface area contributed by atoms with Gasteiger partial charge < -0.3 is 14.8 Å². The van der Waals surface area contributed by atoms with E-state index in [0.29, 0.717) is 24.0 Å². The van der Waals surface area contributed by atoms with Crippen LogP contribution in [0.4, 0.5) is 0 Å². The van der Waals surface area contributed by atoms with Crippen molar-refractivity contribution >= 4 is 29.1 Å². The van der Waals surface area contributed by atoms with Crippen LogP contribution in [0.3, 0.4) is 0 Å². The number of esters is 2. The SMILES string of the molecule is CCCC1=C(C(=O)OCC)[C@H](c2ccccc2C)C2=C(C[C@H](c3cccs3)[C@H](C(=O)OCC)C2=O)N1. The van der Waals surface area contributed by atoms with Crippen molar-refractivity contribution in [3.05, 3.63) is 80.3 Å². The van der Waals surface area contributed by atoms with Crippen molar-refractivity contribution in [2.45, 2.75) is 58.8 Å². The van der Waals surface area contributed by atoms with Crippen molar-refractivity contribution in [1.29, 1.82) is 0 Å². The van der Waals surface area contributed by atoms with Crippen molar-refractivity contribution < 1.29 is 23.9 Å². The fraction of sp³-hybridized carbons (Fsp3) is 0.414. The summed E-state index contributed by atoms with van der Waals surface area (Å²) in [4.78, 5) is 41.9. The second-order valence-corrected chi connectivity index (χ2v) is 10.1. The molecule has 1 aliphatic carbocycles. The maximum atomic E-state index is 14.3. The Labute approximate surface area is 216 Å². The number of dihydropyridines is 1. The number of ketones is 1. The summed E-state index contributed by atoms with van der Waals surface area (Å²) < 4.78 is 10.9. The molecule has 2 heterocycles. The van der Waals surface area contributed by atoms with Crippen molar-refractivity contribution in [1.82, 2.24) is 5.32 Å². The molecule has 0 saturated carbocycles. The lowest BCUT2D eigenvalue weighted by atomic mass is 9.67. The number of nitrogens with one attached hydrogen (secondary N) is 1. The van der Waals surface area contributed by atoms with Gasteiger partial charge in [-0.2, -0.15) is 0 Å². The molecule has 0 bridgehead atoms. The molecule has 4 rings (SSSR count). The second-order valence-electron chi connectivity index (χ2n) is 9.09. The molecule has 0 radical (unpaired) electrons. The van der Waals surface area contributed by atoms with E-state index < -0.39 is 23.8 Å². The zero-order valence-corrected chi connectivity index (χ0v) is 22.1. The highest BCUT2D eigenvalue weighted by atomic mass is 32.1. The molecule has 0 unspecified atom stereocenters. The van der Waals surface area contributed by atoms with Gasteiger partial charge in [-0.15, -0.1) is 11.3 Å². The third-order valence-corrected chi connectivity index (χ3v) is 7.85. The van der Waals surface area contributed by atoms with Crippen LogP contribution in [0.15, 0.2) is 64.3 Å². The van der Waals surface area contributed by atoms with Crippen LogP contribution in [-0.4, -0.2) is 30.9 Å². The van der Waals surface area contributed by atoms with Gasteiger partial charge in [-0.05, 0) is 56.2 Å². The molecule has 3 atom stereocenters. The van der Waals surface area contributed by atoms with Crippen molar-refractivity contribution in [3.63, 3.8) is 0 Å². The first-order valence-corrected chi connectivity index (χ1v) is 13.5. The van der Waals surface area contributed by atoms with Gasteiger partial charge in [-0.3, -0.25) is 9.59 Å². The topological polar surface area (TPSA) is 81.7 Å². The molecule has 190 valence electrons. The first-order chi connectivity index (χ1) is 17.4. The van der Waals surface area contributed by atoms with Crippen molar-refractivity contribution in [2.75, 3.05) is 13.2 Å². The lowest BCUT2D eigenvalue weighted by molar-refractivity contribution is -0.152. The summed E-state index contributed by atoms with van der Waals surface area (Å²) in [6.07, 6.45) is 1.95. The molecule has 0 spiro atoms. The predicted molar refractivity (Wildman–Crippen MR) is 139 cm³/mol. The highest BCUT2D eigenvalue weighted by Gasteiger charge is 2.49. The number of aryl methyl sites for hydroxylation is 1. The maximum Gasteiger partial charge on any atom is 0.336 e. The highest BCUT2D eigenvalue weighted by molar-refractivity contribution is 7.10. The standard InChI is InChI=1S/C29H33NO5S/c1-5-11-20-26(29(33)35-7-3)23(18-13-9-8-12-17(18)4)25-21(30-20)16-19(22-14-10-15-36-22)24(27(25)31)28(32)34-6-2/h8-10,12-15,19,23-24,30H,5-7,11,16H2,1-4H3/t19-,23-,24+/m1/s1. The molecule has 36 heavy (non-hydrogen) atoms. The Morgan fingerprint density at radius 3 is 2.44 bits per heavy atom. The minimum atomic E-state index is -0.966. The predicted octanol–water partition coefficient (Wildman–Crippen LogP) is 5.55. The molecule has 1 aromatic carbocycles. The summed E-state index contributed by atoms with van der Waals surface area (Å²) in [5.41, 5.74) is 4.33.